The minimum atomic E-state index is 0.350. The number of rotatable bonds is 5. The van der Waals surface area contributed by atoms with Crippen molar-refractivity contribution in [2.45, 2.75) is 57.2 Å². The Morgan fingerprint density at radius 3 is 2.72 bits per heavy atom. The topological polar surface area (TPSA) is 34.1 Å². The molecule has 0 aliphatic heterocycles. The molecule has 0 unspecified atom stereocenters. The van der Waals surface area contributed by atoms with Gasteiger partial charge in [-0.05, 0) is 44.6 Å². The Bertz CT molecular complexity index is 414. The van der Waals surface area contributed by atoms with Crippen LogP contribution in [0.3, 0.4) is 0 Å². The molecule has 1 aromatic rings. The van der Waals surface area contributed by atoms with Gasteiger partial charge in [0.05, 0.1) is 10.7 Å². The van der Waals surface area contributed by atoms with E-state index in [1.807, 2.05) is 12.1 Å². The van der Waals surface area contributed by atoms with Gasteiger partial charge in [-0.25, -0.2) is 4.98 Å². The van der Waals surface area contributed by atoms with Crippen molar-refractivity contribution in [3.05, 3.63) is 22.8 Å². The van der Waals surface area contributed by atoms with Crippen LogP contribution < -0.4 is 10.1 Å². The van der Waals surface area contributed by atoms with Crippen LogP contribution in [0.25, 0.3) is 0 Å². The van der Waals surface area contributed by atoms with Crippen molar-refractivity contribution in [3.8, 4) is 5.88 Å². The molecule has 3 rings (SSSR count). The summed E-state index contributed by atoms with van der Waals surface area (Å²) in [5.41, 5.74) is 0.902. The molecule has 1 aromatic heterocycles. The van der Waals surface area contributed by atoms with E-state index in [2.05, 4.69) is 10.3 Å². The normalized spacial score (nSPS) is 20.3. The van der Waals surface area contributed by atoms with E-state index in [1.165, 1.54) is 25.7 Å². The van der Waals surface area contributed by atoms with Gasteiger partial charge in [0.15, 0.2) is 0 Å². The molecule has 3 nitrogen and oxygen atoms in total. The number of pyridine rings is 1. The average molecular weight is 267 g/mol. The molecule has 2 aliphatic carbocycles. The molecule has 0 spiro atoms. The fourth-order valence-corrected chi connectivity index (χ4v) is 2.53. The van der Waals surface area contributed by atoms with Crippen molar-refractivity contribution in [2.75, 3.05) is 0 Å². The molecule has 98 valence electrons. The van der Waals surface area contributed by atoms with Crippen molar-refractivity contribution < 1.29 is 4.74 Å². The number of hydrogen-bond acceptors (Lipinski definition) is 3. The van der Waals surface area contributed by atoms with Gasteiger partial charge in [-0.1, -0.05) is 11.6 Å². The highest BCUT2D eigenvalue weighted by Crippen LogP contribution is 2.25. The summed E-state index contributed by atoms with van der Waals surface area (Å²) < 4.78 is 5.90. The molecule has 0 radical (unpaired) electrons. The van der Waals surface area contributed by atoms with Gasteiger partial charge in [-0.3, -0.25) is 0 Å². The number of nitrogens with zero attached hydrogens (tertiary/aromatic N) is 1. The van der Waals surface area contributed by atoms with E-state index in [0.717, 1.165) is 36.0 Å². The Morgan fingerprint density at radius 2 is 2.00 bits per heavy atom. The summed E-state index contributed by atoms with van der Waals surface area (Å²) in [7, 11) is 0. The molecule has 0 atom stereocenters. The molecule has 0 aromatic carbocycles. The summed E-state index contributed by atoms with van der Waals surface area (Å²) in [5, 5.41) is 4.16. The molecule has 2 fully saturated rings. The zero-order valence-electron chi connectivity index (χ0n) is 10.5. The van der Waals surface area contributed by atoms with E-state index in [0.29, 0.717) is 12.1 Å². The summed E-state index contributed by atoms with van der Waals surface area (Å²) in [6.07, 6.45) is 7.75. The second-order valence-corrected chi connectivity index (χ2v) is 5.66. The highest BCUT2D eigenvalue weighted by atomic mass is 35.5. The molecule has 2 saturated carbocycles. The minimum Gasteiger partial charge on any atom is -0.474 e. The lowest BCUT2D eigenvalue weighted by Crippen LogP contribution is -2.17. The Balaban J connectivity index is 1.63. The fraction of sp³-hybridized carbons (Fsp3) is 0.643. The summed E-state index contributed by atoms with van der Waals surface area (Å²) in [6, 6.07) is 4.44. The molecule has 18 heavy (non-hydrogen) atoms. The zero-order chi connectivity index (χ0) is 12.4. The van der Waals surface area contributed by atoms with Crippen LogP contribution in [-0.2, 0) is 6.54 Å². The SMILES string of the molecule is Clc1ccc(OC2CCCC2)nc1CNC1CC1. The lowest BCUT2D eigenvalue weighted by Gasteiger charge is -2.13. The highest BCUT2D eigenvalue weighted by Gasteiger charge is 2.21. The van der Waals surface area contributed by atoms with Crippen LogP contribution in [0.2, 0.25) is 5.02 Å². The smallest absolute Gasteiger partial charge is 0.213 e. The third kappa shape index (κ3) is 3.15. The molecule has 1 N–H and O–H groups in total. The first-order valence-corrected chi connectivity index (χ1v) is 7.24. The third-order valence-corrected chi connectivity index (χ3v) is 3.96. The molecule has 0 amide bonds. The van der Waals surface area contributed by atoms with Crippen LogP contribution in [0.1, 0.15) is 44.2 Å². The van der Waals surface area contributed by atoms with Gasteiger partial charge in [0, 0.05) is 18.7 Å². The van der Waals surface area contributed by atoms with Crippen LogP contribution in [0.5, 0.6) is 5.88 Å². The van der Waals surface area contributed by atoms with E-state index in [4.69, 9.17) is 16.3 Å². The first kappa shape index (κ1) is 12.2. The van der Waals surface area contributed by atoms with E-state index < -0.39 is 0 Å². The van der Waals surface area contributed by atoms with Gasteiger partial charge in [-0.2, -0.15) is 0 Å². The summed E-state index contributed by atoms with van der Waals surface area (Å²) in [6.45, 7) is 0.741. The lowest BCUT2D eigenvalue weighted by molar-refractivity contribution is 0.201. The van der Waals surface area contributed by atoms with Gasteiger partial charge in [0.2, 0.25) is 5.88 Å². The third-order valence-electron chi connectivity index (χ3n) is 3.62. The van der Waals surface area contributed by atoms with Crippen LogP contribution in [-0.4, -0.2) is 17.1 Å². The van der Waals surface area contributed by atoms with Crippen LogP contribution in [0.4, 0.5) is 0 Å². The standard InChI is InChI=1S/C14H19ClN2O/c15-12-7-8-14(18-11-3-1-2-4-11)17-13(12)9-16-10-5-6-10/h7-8,10-11,16H,1-6,9H2. The van der Waals surface area contributed by atoms with Crippen molar-refractivity contribution in [1.82, 2.24) is 10.3 Å². The first-order valence-electron chi connectivity index (χ1n) is 6.87. The zero-order valence-corrected chi connectivity index (χ0v) is 11.2. The van der Waals surface area contributed by atoms with Crippen LogP contribution in [0.15, 0.2) is 12.1 Å². The maximum Gasteiger partial charge on any atom is 0.213 e. The molecule has 1 heterocycles. The summed E-state index contributed by atoms with van der Waals surface area (Å²) in [4.78, 5) is 4.52. The van der Waals surface area contributed by atoms with Gasteiger partial charge < -0.3 is 10.1 Å². The Labute approximate surface area is 113 Å². The minimum absolute atomic E-state index is 0.350. The van der Waals surface area contributed by atoms with E-state index >= 15 is 0 Å². The number of ether oxygens (including phenoxy) is 1. The number of halogens is 1. The van der Waals surface area contributed by atoms with Gasteiger partial charge in [0.25, 0.3) is 0 Å². The predicted molar refractivity (Wildman–Crippen MR) is 72.0 cm³/mol. The van der Waals surface area contributed by atoms with Crippen molar-refractivity contribution in [1.29, 1.82) is 0 Å². The highest BCUT2D eigenvalue weighted by molar-refractivity contribution is 6.31. The Morgan fingerprint density at radius 1 is 1.22 bits per heavy atom. The predicted octanol–water partition coefficient (Wildman–Crippen LogP) is 3.31. The molecule has 2 aliphatic rings. The van der Waals surface area contributed by atoms with Gasteiger partial charge in [0.1, 0.15) is 6.10 Å². The second-order valence-electron chi connectivity index (χ2n) is 5.26. The van der Waals surface area contributed by atoms with Gasteiger partial charge in [-0.15, -0.1) is 0 Å². The number of hydrogen-bond donors (Lipinski definition) is 1. The molecule has 4 heteroatoms. The van der Waals surface area contributed by atoms with Gasteiger partial charge >= 0.3 is 0 Å². The van der Waals surface area contributed by atoms with Crippen molar-refractivity contribution >= 4 is 11.6 Å². The second kappa shape index (κ2) is 5.45. The molecular weight excluding hydrogens is 248 g/mol. The summed E-state index contributed by atoms with van der Waals surface area (Å²) in [5.74, 6) is 0.721. The van der Waals surface area contributed by atoms with Crippen molar-refractivity contribution in [3.63, 3.8) is 0 Å². The largest absolute Gasteiger partial charge is 0.474 e. The maximum atomic E-state index is 6.16. The van der Waals surface area contributed by atoms with Crippen LogP contribution in [0, 0.1) is 0 Å². The molecule has 0 bridgehead atoms. The average Bonchev–Trinajstić information content (AvgIpc) is 3.07. The summed E-state index contributed by atoms with van der Waals surface area (Å²) >= 11 is 6.16. The van der Waals surface area contributed by atoms with E-state index in [-0.39, 0.29) is 0 Å². The maximum absolute atomic E-state index is 6.16. The Hall–Kier alpha value is -0.800. The molecule has 0 saturated heterocycles. The monoisotopic (exact) mass is 266 g/mol. The number of nitrogens with one attached hydrogen (secondary N) is 1. The molecular formula is C14H19ClN2O. The van der Waals surface area contributed by atoms with Crippen molar-refractivity contribution in [2.24, 2.45) is 0 Å². The number of aromatic nitrogens is 1. The quantitative estimate of drug-likeness (QED) is 0.888. The van der Waals surface area contributed by atoms with E-state index in [1.54, 1.807) is 0 Å². The van der Waals surface area contributed by atoms with Crippen LogP contribution >= 0.6 is 11.6 Å². The lowest BCUT2D eigenvalue weighted by atomic mass is 10.3. The fourth-order valence-electron chi connectivity index (χ4n) is 2.36. The van der Waals surface area contributed by atoms with E-state index in [9.17, 15) is 0 Å². The Kier molecular flexibility index (Phi) is 3.71. The first-order chi connectivity index (χ1) is 8.81.